The molecule has 0 amide bonds. The first-order valence-corrected chi connectivity index (χ1v) is 5.83. The predicted octanol–water partition coefficient (Wildman–Crippen LogP) is 1.17. The van der Waals surface area contributed by atoms with Crippen LogP contribution in [0.2, 0.25) is 0 Å². The molecule has 1 N–H and O–H groups in total. The number of rotatable bonds is 3. The van der Waals surface area contributed by atoms with Gasteiger partial charge >= 0.3 is 0 Å². The second kappa shape index (κ2) is 5.67. The van der Waals surface area contributed by atoms with E-state index in [4.69, 9.17) is 4.74 Å². The minimum atomic E-state index is -0.174. The van der Waals surface area contributed by atoms with E-state index in [2.05, 4.69) is 16.3 Å². The summed E-state index contributed by atoms with van der Waals surface area (Å²) in [7, 11) is 1.64. The molecule has 1 aliphatic rings. The first kappa shape index (κ1) is 11.9. The Kier molecular flexibility index (Phi) is 3.97. The highest BCUT2D eigenvalue weighted by Gasteiger charge is 2.21. The summed E-state index contributed by atoms with van der Waals surface area (Å²) < 4.78 is 5.20. The number of hydrogen-bond acceptors (Lipinski definition) is 4. The average molecular weight is 231 g/mol. The number of methoxy groups -OCH3 is 1. The highest BCUT2D eigenvalue weighted by Crippen LogP contribution is 2.23. The lowest BCUT2D eigenvalue weighted by molar-refractivity contribution is 0.207. The molecule has 0 bridgehead atoms. The second-order valence-corrected chi connectivity index (χ2v) is 4.09. The van der Waals surface area contributed by atoms with Crippen LogP contribution in [0, 0.1) is 11.3 Å². The molecule has 0 aliphatic carbocycles. The van der Waals surface area contributed by atoms with Crippen molar-refractivity contribution in [2.45, 2.75) is 6.04 Å². The number of ether oxygens (including phenoxy) is 1. The van der Waals surface area contributed by atoms with Gasteiger partial charge in [-0.05, 0) is 17.7 Å². The predicted molar refractivity (Wildman–Crippen MR) is 65.8 cm³/mol. The summed E-state index contributed by atoms with van der Waals surface area (Å²) in [4.78, 5) is 2.20. The lowest BCUT2D eigenvalue weighted by Crippen LogP contribution is -2.44. The molecule has 17 heavy (non-hydrogen) atoms. The van der Waals surface area contributed by atoms with Crippen LogP contribution in [0.4, 0.5) is 0 Å². The minimum absolute atomic E-state index is 0.174. The van der Waals surface area contributed by atoms with E-state index in [-0.39, 0.29) is 6.04 Å². The maximum absolute atomic E-state index is 9.34. The van der Waals surface area contributed by atoms with Gasteiger partial charge in [0, 0.05) is 26.2 Å². The van der Waals surface area contributed by atoms with Gasteiger partial charge in [0.05, 0.1) is 13.2 Å². The topological polar surface area (TPSA) is 48.3 Å². The maximum atomic E-state index is 9.34. The Morgan fingerprint density at radius 3 is 2.82 bits per heavy atom. The number of nitriles is 1. The number of piperazine rings is 1. The molecule has 4 heteroatoms. The van der Waals surface area contributed by atoms with Gasteiger partial charge in [0.2, 0.25) is 0 Å². The quantitative estimate of drug-likeness (QED) is 0.848. The molecule has 1 heterocycles. The van der Waals surface area contributed by atoms with Crippen LogP contribution in [0.3, 0.4) is 0 Å². The Morgan fingerprint density at radius 1 is 1.41 bits per heavy atom. The highest BCUT2D eigenvalue weighted by atomic mass is 16.5. The Bertz CT molecular complexity index is 407. The van der Waals surface area contributed by atoms with E-state index in [9.17, 15) is 5.26 Å². The first-order valence-electron chi connectivity index (χ1n) is 5.83. The second-order valence-electron chi connectivity index (χ2n) is 4.09. The molecule has 1 atom stereocenters. The summed E-state index contributed by atoms with van der Waals surface area (Å²) in [5.41, 5.74) is 1.01. The third kappa shape index (κ3) is 2.76. The van der Waals surface area contributed by atoms with Gasteiger partial charge in [-0.1, -0.05) is 12.1 Å². The lowest BCUT2D eigenvalue weighted by atomic mass is 10.1. The molecule has 4 nitrogen and oxygen atoms in total. The van der Waals surface area contributed by atoms with Crippen molar-refractivity contribution in [1.29, 1.82) is 5.26 Å². The summed E-state index contributed by atoms with van der Waals surface area (Å²) in [5, 5.41) is 12.6. The largest absolute Gasteiger partial charge is 0.497 e. The van der Waals surface area contributed by atoms with Crippen molar-refractivity contribution in [3.05, 3.63) is 29.8 Å². The van der Waals surface area contributed by atoms with E-state index in [0.29, 0.717) is 0 Å². The minimum Gasteiger partial charge on any atom is -0.497 e. The molecule has 1 aromatic carbocycles. The molecular formula is C13H17N3O. The van der Waals surface area contributed by atoms with Crippen molar-refractivity contribution in [3.8, 4) is 11.8 Å². The van der Waals surface area contributed by atoms with E-state index in [0.717, 1.165) is 37.5 Å². The normalized spacial score (nSPS) is 18.4. The summed E-state index contributed by atoms with van der Waals surface area (Å²) in [5.74, 6) is 0.804. The molecule has 2 rings (SSSR count). The standard InChI is InChI=1S/C13H17N3O/c1-17-12-4-2-3-11(9-12)13(10-14)16-7-5-15-6-8-16/h2-4,9,13,15H,5-8H2,1H3. The van der Waals surface area contributed by atoms with Crippen LogP contribution in [-0.2, 0) is 0 Å². The van der Waals surface area contributed by atoms with Crippen LogP contribution in [0.25, 0.3) is 0 Å². The van der Waals surface area contributed by atoms with E-state index >= 15 is 0 Å². The number of nitrogens with one attached hydrogen (secondary N) is 1. The van der Waals surface area contributed by atoms with Gasteiger partial charge in [0.25, 0.3) is 0 Å². The van der Waals surface area contributed by atoms with E-state index < -0.39 is 0 Å². The Balaban J connectivity index is 2.19. The fourth-order valence-corrected chi connectivity index (χ4v) is 2.12. The molecule has 1 fully saturated rings. The number of nitrogens with zero attached hydrogens (tertiary/aromatic N) is 2. The van der Waals surface area contributed by atoms with Crippen LogP contribution >= 0.6 is 0 Å². The van der Waals surface area contributed by atoms with Crippen LogP contribution in [-0.4, -0.2) is 38.2 Å². The van der Waals surface area contributed by atoms with Crippen molar-refractivity contribution in [2.75, 3.05) is 33.3 Å². The SMILES string of the molecule is COc1cccc(C(C#N)N2CCNCC2)c1. The van der Waals surface area contributed by atoms with E-state index in [1.165, 1.54) is 0 Å². The third-order valence-corrected chi connectivity index (χ3v) is 3.05. The van der Waals surface area contributed by atoms with Gasteiger partial charge in [0.1, 0.15) is 11.8 Å². The Morgan fingerprint density at radius 2 is 2.18 bits per heavy atom. The third-order valence-electron chi connectivity index (χ3n) is 3.05. The van der Waals surface area contributed by atoms with Crippen molar-refractivity contribution < 1.29 is 4.74 Å². The average Bonchev–Trinajstić information content (AvgIpc) is 2.41. The maximum Gasteiger partial charge on any atom is 0.124 e. The van der Waals surface area contributed by atoms with Gasteiger partial charge in [0.15, 0.2) is 0 Å². The zero-order valence-corrected chi connectivity index (χ0v) is 10.0. The van der Waals surface area contributed by atoms with Gasteiger partial charge in [-0.2, -0.15) is 5.26 Å². The zero-order valence-electron chi connectivity index (χ0n) is 10.0. The van der Waals surface area contributed by atoms with Crippen molar-refractivity contribution >= 4 is 0 Å². The smallest absolute Gasteiger partial charge is 0.124 e. The molecule has 1 aliphatic heterocycles. The molecule has 1 aromatic rings. The first-order chi connectivity index (χ1) is 8.35. The van der Waals surface area contributed by atoms with E-state index in [1.807, 2.05) is 24.3 Å². The fraction of sp³-hybridized carbons (Fsp3) is 0.462. The Hall–Kier alpha value is -1.57. The summed E-state index contributed by atoms with van der Waals surface area (Å²) in [6.45, 7) is 3.72. The van der Waals surface area contributed by atoms with Crippen LogP contribution in [0.1, 0.15) is 11.6 Å². The molecule has 0 radical (unpaired) electrons. The monoisotopic (exact) mass is 231 g/mol. The van der Waals surface area contributed by atoms with Crippen LogP contribution < -0.4 is 10.1 Å². The summed E-state index contributed by atoms with van der Waals surface area (Å²) in [6.07, 6.45) is 0. The Labute approximate surface area is 102 Å². The summed E-state index contributed by atoms with van der Waals surface area (Å²) >= 11 is 0. The molecule has 0 spiro atoms. The number of benzene rings is 1. The molecule has 0 aromatic heterocycles. The molecule has 0 saturated carbocycles. The van der Waals surface area contributed by atoms with Crippen molar-refractivity contribution in [1.82, 2.24) is 10.2 Å². The van der Waals surface area contributed by atoms with Gasteiger partial charge < -0.3 is 10.1 Å². The fourth-order valence-electron chi connectivity index (χ4n) is 2.12. The zero-order chi connectivity index (χ0) is 12.1. The lowest BCUT2D eigenvalue weighted by Gasteiger charge is -2.31. The molecule has 90 valence electrons. The van der Waals surface area contributed by atoms with Gasteiger partial charge in [-0.15, -0.1) is 0 Å². The van der Waals surface area contributed by atoms with Crippen LogP contribution in [0.5, 0.6) is 5.75 Å². The van der Waals surface area contributed by atoms with Gasteiger partial charge in [-0.25, -0.2) is 0 Å². The van der Waals surface area contributed by atoms with Crippen molar-refractivity contribution in [3.63, 3.8) is 0 Å². The molecule has 1 saturated heterocycles. The molecule has 1 unspecified atom stereocenters. The van der Waals surface area contributed by atoms with E-state index in [1.54, 1.807) is 7.11 Å². The number of hydrogen-bond donors (Lipinski definition) is 1. The van der Waals surface area contributed by atoms with Crippen LogP contribution in [0.15, 0.2) is 24.3 Å². The van der Waals surface area contributed by atoms with Gasteiger partial charge in [-0.3, -0.25) is 4.90 Å². The summed E-state index contributed by atoms with van der Waals surface area (Å²) in [6, 6.07) is 9.96. The molecular weight excluding hydrogens is 214 g/mol. The highest BCUT2D eigenvalue weighted by molar-refractivity contribution is 5.33. The van der Waals surface area contributed by atoms with Crippen molar-refractivity contribution in [2.24, 2.45) is 0 Å².